The normalized spacial score (nSPS) is 11.3. The number of amides is 1. The lowest BCUT2D eigenvalue weighted by molar-refractivity contribution is 0.0635. The van der Waals surface area contributed by atoms with Crippen molar-refractivity contribution in [3.8, 4) is 0 Å². The summed E-state index contributed by atoms with van der Waals surface area (Å²) in [5.74, 6) is 0. The van der Waals surface area contributed by atoms with Gasteiger partial charge in [0, 0.05) is 6.20 Å². The summed E-state index contributed by atoms with van der Waals surface area (Å²) in [6.45, 7) is 5.38. The lowest BCUT2D eigenvalue weighted by Gasteiger charge is -2.19. The Bertz CT molecular complexity index is 626. The Kier molecular flexibility index (Phi) is 3.25. The maximum atomic E-state index is 11.6. The minimum atomic E-state index is -0.548. The zero-order valence-corrected chi connectivity index (χ0v) is 11.0. The molecule has 2 aromatic rings. The number of ether oxygens (including phenoxy) is 1. The van der Waals surface area contributed by atoms with Crippen LogP contribution in [0.5, 0.6) is 0 Å². The molecule has 0 fully saturated rings. The van der Waals surface area contributed by atoms with E-state index in [0.29, 0.717) is 23.2 Å². The van der Waals surface area contributed by atoms with Gasteiger partial charge in [-0.25, -0.2) is 9.78 Å². The van der Waals surface area contributed by atoms with Crippen LogP contribution in [-0.2, 0) is 4.74 Å². The fourth-order valence-electron chi connectivity index (χ4n) is 1.61. The van der Waals surface area contributed by atoms with Gasteiger partial charge in [-0.05, 0) is 32.9 Å². The Balaban J connectivity index is 2.18. The van der Waals surface area contributed by atoms with Crippen molar-refractivity contribution in [1.82, 2.24) is 9.38 Å². The summed E-state index contributed by atoms with van der Waals surface area (Å²) in [5, 5.41) is 2.62. The Morgan fingerprint density at radius 1 is 1.42 bits per heavy atom. The monoisotopic (exact) mass is 261 g/mol. The molecular weight excluding hydrogens is 246 g/mol. The largest absolute Gasteiger partial charge is 0.444 e. The van der Waals surface area contributed by atoms with E-state index in [-0.39, 0.29) is 0 Å². The molecule has 0 spiro atoms. The zero-order chi connectivity index (χ0) is 14.0. The third-order valence-electron chi connectivity index (χ3n) is 2.32. The number of anilines is 1. The summed E-state index contributed by atoms with van der Waals surface area (Å²) in [7, 11) is 0. The first-order chi connectivity index (χ1) is 8.89. The molecule has 100 valence electrons. The van der Waals surface area contributed by atoms with Crippen molar-refractivity contribution in [1.29, 1.82) is 0 Å². The number of hydrogen-bond donors (Lipinski definition) is 1. The van der Waals surface area contributed by atoms with Gasteiger partial charge in [0.1, 0.15) is 17.6 Å². The maximum Gasteiger partial charge on any atom is 0.412 e. The molecule has 1 amide bonds. The highest BCUT2D eigenvalue weighted by molar-refractivity contribution is 5.87. The van der Waals surface area contributed by atoms with Crippen molar-refractivity contribution in [2.24, 2.45) is 0 Å². The zero-order valence-electron chi connectivity index (χ0n) is 11.0. The molecular formula is C13H15N3O3. The second-order valence-electron chi connectivity index (χ2n) is 5.08. The van der Waals surface area contributed by atoms with Crippen molar-refractivity contribution in [2.45, 2.75) is 26.4 Å². The van der Waals surface area contributed by atoms with Crippen LogP contribution < -0.4 is 5.32 Å². The molecule has 0 radical (unpaired) electrons. The quantitative estimate of drug-likeness (QED) is 0.843. The number of carbonyl (C=O) groups excluding carboxylic acids is 2. The highest BCUT2D eigenvalue weighted by Crippen LogP contribution is 2.15. The summed E-state index contributed by atoms with van der Waals surface area (Å²) in [6.07, 6.45) is 3.34. The smallest absolute Gasteiger partial charge is 0.412 e. The molecule has 1 N–H and O–H groups in total. The number of nitrogens with one attached hydrogen (secondary N) is 1. The molecule has 2 rings (SSSR count). The predicted molar refractivity (Wildman–Crippen MR) is 70.4 cm³/mol. The van der Waals surface area contributed by atoms with Gasteiger partial charge in [0.2, 0.25) is 0 Å². The summed E-state index contributed by atoms with van der Waals surface area (Å²) in [4.78, 5) is 26.3. The van der Waals surface area contributed by atoms with Gasteiger partial charge in [-0.15, -0.1) is 0 Å². The SMILES string of the molecule is CC(C)(C)OC(=O)Nc1ccc2c(C=O)ncn2c1. The molecule has 0 aromatic carbocycles. The summed E-state index contributed by atoms with van der Waals surface area (Å²) >= 11 is 0. The second-order valence-corrected chi connectivity index (χ2v) is 5.08. The van der Waals surface area contributed by atoms with E-state index in [0.717, 1.165) is 0 Å². The molecule has 0 saturated heterocycles. The number of nitrogens with zero attached hydrogens (tertiary/aromatic N) is 2. The topological polar surface area (TPSA) is 72.7 Å². The van der Waals surface area contributed by atoms with E-state index in [1.807, 2.05) is 0 Å². The molecule has 2 heterocycles. The second kappa shape index (κ2) is 4.72. The first-order valence-corrected chi connectivity index (χ1v) is 5.81. The minimum Gasteiger partial charge on any atom is -0.444 e. The van der Waals surface area contributed by atoms with Crippen LogP contribution in [0.3, 0.4) is 0 Å². The molecule has 2 aromatic heterocycles. The fourth-order valence-corrected chi connectivity index (χ4v) is 1.61. The molecule has 0 aliphatic carbocycles. The van der Waals surface area contributed by atoms with Crippen molar-refractivity contribution in [3.63, 3.8) is 0 Å². The van der Waals surface area contributed by atoms with Gasteiger partial charge < -0.3 is 9.14 Å². The molecule has 0 atom stereocenters. The number of fused-ring (bicyclic) bond motifs is 1. The first-order valence-electron chi connectivity index (χ1n) is 5.81. The third kappa shape index (κ3) is 3.09. The van der Waals surface area contributed by atoms with Gasteiger partial charge >= 0.3 is 6.09 Å². The average molecular weight is 261 g/mol. The van der Waals surface area contributed by atoms with Crippen LogP contribution in [0.15, 0.2) is 24.7 Å². The summed E-state index contributed by atoms with van der Waals surface area (Å²) in [5.41, 5.74) is 1.07. The molecule has 6 nitrogen and oxygen atoms in total. The fraction of sp³-hybridized carbons (Fsp3) is 0.308. The van der Waals surface area contributed by atoms with Crippen LogP contribution in [0.1, 0.15) is 31.3 Å². The van der Waals surface area contributed by atoms with E-state index in [4.69, 9.17) is 4.74 Å². The van der Waals surface area contributed by atoms with Crippen LogP contribution >= 0.6 is 0 Å². The number of aldehydes is 1. The van der Waals surface area contributed by atoms with E-state index in [9.17, 15) is 9.59 Å². The third-order valence-corrected chi connectivity index (χ3v) is 2.32. The highest BCUT2D eigenvalue weighted by Gasteiger charge is 2.16. The molecule has 6 heteroatoms. The average Bonchev–Trinajstić information content (AvgIpc) is 2.68. The number of carbonyl (C=O) groups is 2. The number of hydrogen-bond acceptors (Lipinski definition) is 4. The van der Waals surface area contributed by atoms with Crippen molar-refractivity contribution in [3.05, 3.63) is 30.4 Å². The number of aromatic nitrogens is 2. The first kappa shape index (κ1) is 13.1. The molecule has 19 heavy (non-hydrogen) atoms. The Labute approximate surface area is 110 Å². The molecule has 0 bridgehead atoms. The van der Waals surface area contributed by atoms with E-state index in [1.54, 1.807) is 43.5 Å². The van der Waals surface area contributed by atoms with Crippen LogP contribution in [0, 0.1) is 0 Å². The number of rotatable bonds is 2. The lowest BCUT2D eigenvalue weighted by Crippen LogP contribution is -2.27. The molecule has 0 aliphatic rings. The maximum absolute atomic E-state index is 11.6. The van der Waals surface area contributed by atoms with Crippen molar-refractivity contribution in [2.75, 3.05) is 5.32 Å². The van der Waals surface area contributed by atoms with Crippen molar-refractivity contribution >= 4 is 23.6 Å². The lowest BCUT2D eigenvalue weighted by atomic mass is 10.2. The van der Waals surface area contributed by atoms with E-state index in [2.05, 4.69) is 10.3 Å². The Morgan fingerprint density at radius 3 is 2.79 bits per heavy atom. The Morgan fingerprint density at radius 2 is 2.16 bits per heavy atom. The standard InChI is InChI=1S/C13H15N3O3/c1-13(2,3)19-12(18)15-9-4-5-11-10(7-17)14-8-16(11)6-9/h4-8H,1-3H3,(H,15,18). The summed E-state index contributed by atoms with van der Waals surface area (Å²) < 4.78 is 6.81. The van der Waals surface area contributed by atoms with Gasteiger partial charge in [0.05, 0.1) is 11.2 Å². The van der Waals surface area contributed by atoms with Crippen molar-refractivity contribution < 1.29 is 14.3 Å². The predicted octanol–water partition coefficient (Wildman–Crippen LogP) is 2.49. The molecule has 0 unspecified atom stereocenters. The van der Waals surface area contributed by atoms with Gasteiger partial charge in [0.15, 0.2) is 6.29 Å². The number of imidazole rings is 1. The van der Waals surface area contributed by atoms with E-state index >= 15 is 0 Å². The molecule has 0 aliphatic heterocycles. The van der Waals surface area contributed by atoms with E-state index in [1.165, 1.54) is 6.33 Å². The molecule has 0 saturated carbocycles. The van der Waals surface area contributed by atoms with Gasteiger partial charge in [0.25, 0.3) is 0 Å². The highest BCUT2D eigenvalue weighted by atomic mass is 16.6. The van der Waals surface area contributed by atoms with E-state index < -0.39 is 11.7 Å². The van der Waals surface area contributed by atoms with Gasteiger partial charge in [-0.3, -0.25) is 10.1 Å². The van der Waals surface area contributed by atoms with Crippen LogP contribution in [0.25, 0.3) is 5.52 Å². The van der Waals surface area contributed by atoms with Crippen LogP contribution in [0.4, 0.5) is 10.5 Å². The Hall–Kier alpha value is -2.37. The number of pyridine rings is 1. The van der Waals surface area contributed by atoms with Gasteiger partial charge in [-0.1, -0.05) is 0 Å². The van der Waals surface area contributed by atoms with Crippen LogP contribution in [-0.4, -0.2) is 27.4 Å². The summed E-state index contributed by atoms with van der Waals surface area (Å²) in [6, 6.07) is 3.40. The van der Waals surface area contributed by atoms with Gasteiger partial charge in [-0.2, -0.15) is 0 Å². The minimum absolute atomic E-state index is 0.365. The van der Waals surface area contributed by atoms with Crippen LogP contribution in [0.2, 0.25) is 0 Å².